The molecule has 1 atom stereocenters. The van der Waals surface area contributed by atoms with E-state index in [0.717, 1.165) is 18.0 Å². The summed E-state index contributed by atoms with van der Waals surface area (Å²) in [4.78, 5) is 2.39. The van der Waals surface area contributed by atoms with Gasteiger partial charge in [0.05, 0.1) is 6.04 Å². The molecule has 0 amide bonds. The summed E-state index contributed by atoms with van der Waals surface area (Å²) < 4.78 is 2.14. The summed E-state index contributed by atoms with van der Waals surface area (Å²) in [6.07, 6.45) is 5.90. The Morgan fingerprint density at radius 3 is 2.94 bits per heavy atom. The lowest BCUT2D eigenvalue weighted by Gasteiger charge is -2.31. The van der Waals surface area contributed by atoms with E-state index in [1.165, 1.54) is 24.8 Å². The molecule has 3 rings (SSSR count). The van der Waals surface area contributed by atoms with Crippen LogP contribution in [-0.2, 0) is 0 Å². The molecule has 0 spiro atoms. The van der Waals surface area contributed by atoms with Gasteiger partial charge < -0.3 is 0 Å². The third kappa shape index (κ3) is 1.82. The van der Waals surface area contributed by atoms with E-state index in [9.17, 15) is 0 Å². The van der Waals surface area contributed by atoms with E-state index in [2.05, 4.69) is 45.7 Å². The Hall–Kier alpha value is -1.42. The highest BCUT2D eigenvalue weighted by Crippen LogP contribution is 2.28. The summed E-state index contributed by atoms with van der Waals surface area (Å²) in [6.45, 7) is 3.26. The van der Waals surface area contributed by atoms with Gasteiger partial charge in [-0.2, -0.15) is 0 Å². The Kier molecular flexibility index (Phi) is 2.59. The zero-order valence-corrected chi connectivity index (χ0v) is 10.4. The average Bonchev–Trinajstić information content (AvgIpc) is 2.72. The van der Waals surface area contributed by atoms with Crippen molar-refractivity contribution in [2.24, 2.45) is 0 Å². The van der Waals surface area contributed by atoms with Crippen LogP contribution in [0.5, 0.6) is 0 Å². The predicted molar refractivity (Wildman–Crippen MR) is 66.9 cm³/mol. The first-order chi connectivity index (χ1) is 8.25. The van der Waals surface area contributed by atoms with Gasteiger partial charge in [-0.25, -0.2) is 0 Å². The van der Waals surface area contributed by atoms with Gasteiger partial charge in [-0.15, -0.1) is 10.2 Å². The molecule has 3 heterocycles. The SMILES string of the molecule is Cc1ccc2nnc(C3CCCCN3C)n2c1. The molecule has 1 saturated heterocycles. The van der Waals surface area contributed by atoms with Crippen molar-refractivity contribution in [2.45, 2.75) is 32.2 Å². The lowest BCUT2D eigenvalue weighted by molar-refractivity contribution is 0.178. The van der Waals surface area contributed by atoms with Crippen molar-refractivity contribution in [1.82, 2.24) is 19.5 Å². The average molecular weight is 230 g/mol. The van der Waals surface area contributed by atoms with Crippen LogP contribution in [0, 0.1) is 6.92 Å². The van der Waals surface area contributed by atoms with Crippen molar-refractivity contribution >= 4 is 5.65 Å². The molecule has 1 aliphatic rings. The molecule has 1 unspecified atom stereocenters. The highest BCUT2D eigenvalue weighted by Gasteiger charge is 2.24. The lowest BCUT2D eigenvalue weighted by Crippen LogP contribution is -2.30. The van der Waals surface area contributed by atoms with Crippen LogP contribution in [-0.4, -0.2) is 33.1 Å². The maximum atomic E-state index is 4.38. The van der Waals surface area contributed by atoms with Crippen LogP contribution in [0.2, 0.25) is 0 Å². The number of aryl methyl sites for hydroxylation is 1. The van der Waals surface area contributed by atoms with E-state index in [1.54, 1.807) is 0 Å². The summed E-state index contributed by atoms with van der Waals surface area (Å²) in [5.41, 5.74) is 2.20. The first-order valence-corrected chi connectivity index (χ1v) is 6.27. The van der Waals surface area contributed by atoms with Crippen LogP contribution in [0.15, 0.2) is 18.3 Å². The molecule has 0 radical (unpaired) electrons. The zero-order valence-electron chi connectivity index (χ0n) is 10.4. The van der Waals surface area contributed by atoms with Gasteiger partial charge in [-0.05, 0) is 45.0 Å². The van der Waals surface area contributed by atoms with E-state index in [1.807, 2.05) is 6.07 Å². The first-order valence-electron chi connectivity index (χ1n) is 6.27. The molecular formula is C13H18N4. The largest absolute Gasteiger partial charge is 0.296 e. The molecule has 0 aliphatic carbocycles. The number of likely N-dealkylation sites (tertiary alicyclic amines) is 1. The number of nitrogens with zero attached hydrogens (tertiary/aromatic N) is 4. The number of fused-ring (bicyclic) bond motifs is 1. The topological polar surface area (TPSA) is 33.4 Å². The Morgan fingerprint density at radius 1 is 1.24 bits per heavy atom. The van der Waals surface area contributed by atoms with Gasteiger partial charge in [0, 0.05) is 6.20 Å². The number of aromatic nitrogens is 3. The fourth-order valence-corrected chi connectivity index (χ4v) is 2.64. The minimum absolute atomic E-state index is 0.417. The third-order valence-electron chi connectivity index (χ3n) is 3.65. The molecule has 4 heteroatoms. The summed E-state index contributed by atoms with van der Waals surface area (Å²) >= 11 is 0. The van der Waals surface area contributed by atoms with Crippen LogP contribution in [0.4, 0.5) is 0 Å². The fraction of sp³-hybridized carbons (Fsp3) is 0.538. The summed E-state index contributed by atoms with van der Waals surface area (Å²) in [5, 5.41) is 8.64. The minimum Gasteiger partial charge on any atom is -0.296 e. The molecule has 17 heavy (non-hydrogen) atoms. The normalized spacial score (nSPS) is 22.1. The van der Waals surface area contributed by atoms with E-state index in [-0.39, 0.29) is 0 Å². The molecule has 2 aromatic heterocycles. The van der Waals surface area contributed by atoms with E-state index >= 15 is 0 Å². The molecule has 1 aliphatic heterocycles. The van der Waals surface area contributed by atoms with Gasteiger partial charge in [0.2, 0.25) is 0 Å². The number of hydrogen-bond acceptors (Lipinski definition) is 3. The molecule has 0 aromatic carbocycles. The molecule has 0 bridgehead atoms. The molecule has 0 N–H and O–H groups in total. The molecule has 4 nitrogen and oxygen atoms in total. The summed E-state index contributed by atoms with van der Waals surface area (Å²) in [5.74, 6) is 1.09. The number of rotatable bonds is 1. The van der Waals surface area contributed by atoms with Gasteiger partial charge in [-0.1, -0.05) is 12.5 Å². The monoisotopic (exact) mass is 230 g/mol. The van der Waals surface area contributed by atoms with Gasteiger partial charge in [0.15, 0.2) is 11.5 Å². The second kappa shape index (κ2) is 4.11. The molecular weight excluding hydrogens is 212 g/mol. The summed E-state index contributed by atoms with van der Waals surface area (Å²) in [7, 11) is 2.18. The lowest BCUT2D eigenvalue weighted by atomic mass is 10.0. The Labute approximate surface area is 101 Å². The minimum atomic E-state index is 0.417. The molecule has 1 fully saturated rings. The van der Waals surface area contributed by atoms with Crippen LogP contribution in [0.25, 0.3) is 5.65 Å². The first kappa shape index (κ1) is 10.7. The zero-order chi connectivity index (χ0) is 11.8. The Morgan fingerprint density at radius 2 is 2.12 bits per heavy atom. The smallest absolute Gasteiger partial charge is 0.160 e. The summed E-state index contributed by atoms with van der Waals surface area (Å²) in [6, 6.07) is 4.54. The van der Waals surface area contributed by atoms with Crippen LogP contribution in [0.3, 0.4) is 0 Å². The third-order valence-corrected chi connectivity index (χ3v) is 3.65. The van der Waals surface area contributed by atoms with Gasteiger partial charge in [0.25, 0.3) is 0 Å². The standard InChI is InChI=1S/C13H18N4/c1-10-6-7-12-14-15-13(17(12)9-10)11-5-3-4-8-16(11)2/h6-7,9,11H,3-5,8H2,1-2H3. The van der Waals surface area contributed by atoms with E-state index in [4.69, 9.17) is 0 Å². The maximum absolute atomic E-state index is 4.38. The number of pyridine rings is 1. The second-order valence-corrected chi connectivity index (χ2v) is 4.99. The van der Waals surface area contributed by atoms with E-state index in [0.29, 0.717) is 6.04 Å². The predicted octanol–water partition coefficient (Wildman–Crippen LogP) is 2.19. The highest BCUT2D eigenvalue weighted by molar-refractivity contribution is 5.39. The van der Waals surface area contributed by atoms with Gasteiger partial charge >= 0.3 is 0 Å². The van der Waals surface area contributed by atoms with Crippen molar-refractivity contribution in [3.05, 3.63) is 29.7 Å². The highest BCUT2D eigenvalue weighted by atomic mass is 15.3. The Bertz CT molecular complexity index is 531. The van der Waals surface area contributed by atoms with Crippen molar-refractivity contribution in [3.63, 3.8) is 0 Å². The number of piperidine rings is 1. The maximum Gasteiger partial charge on any atom is 0.160 e. The van der Waals surface area contributed by atoms with Crippen LogP contribution in [0.1, 0.15) is 36.7 Å². The van der Waals surface area contributed by atoms with Crippen molar-refractivity contribution < 1.29 is 0 Å². The molecule has 0 saturated carbocycles. The van der Waals surface area contributed by atoms with Crippen molar-refractivity contribution in [1.29, 1.82) is 0 Å². The Balaban J connectivity index is 2.07. The van der Waals surface area contributed by atoms with Crippen molar-refractivity contribution in [2.75, 3.05) is 13.6 Å². The van der Waals surface area contributed by atoms with Gasteiger partial charge in [-0.3, -0.25) is 9.30 Å². The number of hydrogen-bond donors (Lipinski definition) is 0. The quantitative estimate of drug-likeness (QED) is 0.753. The van der Waals surface area contributed by atoms with Crippen LogP contribution >= 0.6 is 0 Å². The molecule has 2 aromatic rings. The van der Waals surface area contributed by atoms with E-state index < -0.39 is 0 Å². The van der Waals surface area contributed by atoms with Crippen LogP contribution < -0.4 is 0 Å². The van der Waals surface area contributed by atoms with Gasteiger partial charge in [0.1, 0.15) is 0 Å². The van der Waals surface area contributed by atoms with Crippen molar-refractivity contribution in [3.8, 4) is 0 Å². The fourth-order valence-electron chi connectivity index (χ4n) is 2.64. The second-order valence-electron chi connectivity index (χ2n) is 4.99. The molecule has 90 valence electrons.